The molecule has 2 heterocycles. The van der Waals surface area contributed by atoms with Gasteiger partial charge in [0.2, 0.25) is 5.95 Å². The maximum absolute atomic E-state index is 12.7. The molecular formula is C25H28Cl2N5O2P. The van der Waals surface area contributed by atoms with Crippen molar-refractivity contribution >= 4 is 70.3 Å². The Hall–Kier alpha value is -2.60. The number of aryl methyl sites for hydroxylation is 1. The minimum atomic E-state index is -2.51. The molecule has 10 heteroatoms. The van der Waals surface area contributed by atoms with Gasteiger partial charge in [0.25, 0.3) is 0 Å². The lowest BCUT2D eigenvalue weighted by molar-refractivity contribution is -0.119. The van der Waals surface area contributed by atoms with Crippen LogP contribution >= 0.6 is 30.3 Å². The zero-order valence-electron chi connectivity index (χ0n) is 19.9. The fourth-order valence-corrected chi connectivity index (χ4v) is 5.80. The average Bonchev–Trinajstić information content (AvgIpc) is 2.81. The first-order valence-corrected chi connectivity index (χ1v) is 14.8. The highest BCUT2D eigenvalue weighted by Crippen LogP contribution is 2.39. The number of nitrogens with one attached hydrogen (secondary N) is 2. The zero-order valence-corrected chi connectivity index (χ0v) is 22.3. The number of anilines is 5. The van der Waals surface area contributed by atoms with Gasteiger partial charge < -0.3 is 20.1 Å². The molecule has 35 heavy (non-hydrogen) atoms. The Morgan fingerprint density at radius 2 is 1.77 bits per heavy atom. The molecule has 1 aromatic heterocycles. The molecule has 4 rings (SSSR count). The maximum Gasteiger partial charge on any atom is 0.229 e. The topological polar surface area (TPSA) is 87.2 Å². The molecular weight excluding hydrogens is 504 g/mol. The Kier molecular flexibility index (Phi) is 7.70. The number of para-hydroxylation sites is 1. The van der Waals surface area contributed by atoms with E-state index in [9.17, 15) is 9.36 Å². The molecule has 184 valence electrons. The van der Waals surface area contributed by atoms with E-state index < -0.39 is 7.14 Å². The lowest BCUT2D eigenvalue weighted by atomic mass is 10.0. The summed E-state index contributed by atoms with van der Waals surface area (Å²) in [6.45, 7) is 6.88. The number of halogens is 2. The summed E-state index contributed by atoms with van der Waals surface area (Å²) in [7, 11) is -2.51. The van der Waals surface area contributed by atoms with Gasteiger partial charge in [-0.15, -0.1) is 0 Å². The molecule has 2 aromatic carbocycles. The average molecular weight is 532 g/mol. The number of benzene rings is 2. The number of aromatic nitrogens is 2. The van der Waals surface area contributed by atoms with Crippen LogP contribution < -0.4 is 20.8 Å². The van der Waals surface area contributed by atoms with Crippen LogP contribution in [0.25, 0.3) is 0 Å². The molecule has 1 aliphatic rings. The highest BCUT2D eigenvalue weighted by atomic mass is 35.5. The van der Waals surface area contributed by atoms with Crippen molar-refractivity contribution in [2.75, 3.05) is 42.0 Å². The fourth-order valence-electron chi connectivity index (χ4n) is 4.15. The Bertz CT molecular complexity index is 1300. The van der Waals surface area contributed by atoms with Gasteiger partial charge >= 0.3 is 0 Å². The summed E-state index contributed by atoms with van der Waals surface area (Å²) in [4.78, 5) is 22.7. The summed E-state index contributed by atoms with van der Waals surface area (Å²) >= 11 is 13.1. The number of carbonyl (C=O) groups excluding carboxylic acids is 1. The third-order valence-corrected chi connectivity index (χ3v) is 8.01. The molecule has 3 aromatic rings. The second kappa shape index (κ2) is 10.6. The molecule has 7 nitrogen and oxygen atoms in total. The number of carbonyl (C=O) groups is 1. The number of Topliss-reactive ketones (excluding diaryl/α,β-unsaturated/α-hetero) is 1. The van der Waals surface area contributed by atoms with Gasteiger partial charge in [0.05, 0.1) is 22.6 Å². The summed E-state index contributed by atoms with van der Waals surface area (Å²) < 4.78 is 12.7. The van der Waals surface area contributed by atoms with E-state index in [-0.39, 0.29) is 0 Å². The number of piperidine rings is 1. The third-order valence-electron chi connectivity index (χ3n) is 5.90. The maximum atomic E-state index is 12.7. The monoisotopic (exact) mass is 531 g/mol. The van der Waals surface area contributed by atoms with Gasteiger partial charge in [0.15, 0.2) is 5.82 Å². The van der Waals surface area contributed by atoms with Gasteiger partial charge in [-0.1, -0.05) is 42.3 Å². The van der Waals surface area contributed by atoms with Crippen molar-refractivity contribution in [3.8, 4) is 0 Å². The van der Waals surface area contributed by atoms with Crippen molar-refractivity contribution in [1.82, 2.24) is 9.97 Å². The summed E-state index contributed by atoms with van der Waals surface area (Å²) in [5.74, 6) is 1.04. The van der Waals surface area contributed by atoms with E-state index in [1.54, 1.807) is 13.3 Å². The number of hydrogen-bond donors (Lipinski definition) is 2. The van der Waals surface area contributed by atoms with Gasteiger partial charge in [-0.25, -0.2) is 4.98 Å². The molecule has 0 bridgehead atoms. The van der Waals surface area contributed by atoms with Crippen molar-refractivity contribution < 1.29 is 9.36 Å². The first-order valence-electron chi connectivity index (χ1n) is 11.5. The minimum Gasteiger partial charge on any atom is -0.369 e. The molecule has 0 unspecified atom stereocenters. The van der Waals surface area contributed by atoms with Crippen molar-refractivity contribution in [2.45, 2.75) is 26.2 Å². The summed E-state index contributed by atoms with van der Waals surface area (Å²) in [5, 5.41) is 8.11. The van der Waals surface area contributed by atoms with Crippen LogP contribution in [0.3, 0.4) is 0 Å². The van der Waals surface area contributed by atoms with E-state index in [1.165, 1.54) is 6.20 Å². The minimum absolute atomic E-state index is 0.293. The van der Waals surface area contributed by atoms with Gasteiger partial charge in [0, 0.05) is 36.9 Å². The molecule has 1 saturated heterocycles. The van der Waals surface area contributed by atoms with E-state index >= 15 is 0 Å². The van der Waals surface area contributed by atoms with Crippen molar-refractivity contribution in [1.29, 1.82) is 0 Å². The Balaban J connectivity index is 1.60. The Labute approximate surface area is 215 Å². The normalized spacial score (nSPS) is 14.2. The molecule has 1 aliphatic heterocycles. The predicted octanol–water partition coefficient (Wildman–Crippen LogP) is 6.25. The first-order chi connectivity index (χ1) is 16.7. The van der Waals surface area contributed by atoms with Gasteiger partial charge in [0.1, 0.15) is 17.9 Å². The summed E-state index contributed by atoms with van der Waals surface area (Å²) in [6.07, 6.45) is 3.39. The lowest BCUT2D eigenvalue weighted by Crippen LogP contribution is -2.34. The van der Waals surface area contributed by atoms with Crippen LogP contribution in [-0.4, -0.2) is 42.2 Å². The van der Waals surface area contributed by atoms with Crippen LogP contribution in [0.2, 0.25) is 10.0 Å². The van der Waals surface area contributed by atoms with Crippen molar-refractivity contribution in [2.24, 2.45) is 0 Å². The predicted molar refractivity (Wildman–Crippen MR) is 146 cm³/mol. The van der Waals surface area contributed by atoms with Crippen molar-refractivity contribution in [3.05, 3.63) is 58.2 Å². The summed E-state index contributed by atoms with van der Waals surface area (Å²) in [5.41, 5.74) is 3.50. The molecule has 2 N–H and O–H groups in total. The Morgan fingerprint density at radius 1 is 1.06 bits per heavy atom. The van der Waals surface area contributed by atoms with E-state index in [0.29, 0.717) is 59.2 Å². The van der Waals surface area contributed by atoms with Crippen LogP contribution in [0.5, 0.6) is 0 Å². The molecule has 0 atom stereocenters. The van der Waals surface area contributed by atoms with E-state index in [4.69, 9.17) is 23.2 Å². The van der Waals surface area contributed by atoms with Gasteiger partial charge in [-0.2, -0.15) is 4.98 Å². The van der Waals surface area contributed by atoms with Gasteiger partial charge in [-0.3, -0.25) is 4.79 Å². The smallest absolute Gasteiger partial charge is 0.229 e. The SMILES string of the molecule is CCc1cc(Nc2ncc(Cl)c(Nc3ccccc3P(C)(C)=O)n2)cc(Cl)c1N1CCC(=O)CC1. The van der Waals surface area contributed by atoms with Crippen LogP contribution in [0.4, 0.5) is 28.8 Å². The second-order valence-corrected chi connectivity index (χ2v) is 12.9. The molecule has 0 aliphatic carbocycles. The van der Waals surface area contributed by atoms with E-state index in [2.05, 4.69) is 32.4 Å². The highest BCUT2D eigenvalue weighted by molar-refractivity contribution is 7.70. The van der Waals surface area contributed by atoms with Gasteiger partial charge in [-0.05, 0) is 49.6 Å². The number of nitrogens with zero attached hydrogens (tertiary/aromatic N) is 3. The second-order valence-electron chi connectivity index (χ2n) is 8.85. The molecule has 0 radical (unpaired) electrons. The number of hydrogen-bond acceptors (Lipinski definition) is 7. The number of rotatable bonds is 7. The first kappa shape index (κ1) is 25.5. The zero-order chi connectivity index (χ0) is 25.2. The Morgan fingerprint density at radius 3 is 2.46 bits per heavy atom. The van der Waals surface area contributed by atoms with E-state index in [1.807, 2.05) is 36.4 Å². The lowest BCUT2D eigenvalue weighted by Gasteiger charge is -2.31. The van der Waals surface area contributed by atoms with Crippen LogP contribution in [-0.2, 0) is 15.8 Å². The van der Waals surface area contributed by atoms with Crippen molar-refractivity contribution in [3.63, 3.8) is 0 Å². The van der Waals surface area contributed by atoms with E-state index in [0.717, 1.165) is 28.7 Å². The summed E-state index contributed by atoms with van der Waals surface area (Å²) in [6, 6.07) is 11.3. The highest BCUT2D eigenvalue weighted by Gasteiger charge is 2.22. The molecule has 0 saturated carbocycles. The number of ketones is 1. The molecule has 0 amide bonds. The molecule has 1 fully saturated rings. The quantitative estimate of drug-likeness (QED) is 0.348. The van der Waals surface area contributed by atoms with Crippen LogP contribution in [0.1, 0.15) is 25.3 Å². The standard InChI is InChI=1S/C25H28Cl2N5O2P/c1-4-16-13-17(14-19(26)23(16)32-11-9-18(33)10-12-32)29-25-28-15-20(27)24(31-25)30-21-7-5-6-8-22(21)35(2,3)34/h5-8,13-15H,4,9-12H2,1-3H3,(H2,28,29,30,31). The third kappa shape index (κ3) is 5.97. The largest absolute Gasteiger partial charge is 0.369 e. The van der Waals surface area contributed by atoms with Crippen LogP contribution in [0.15, 0.2) is 42.6 Å². The van der Waals surface area contributed by atoms with Crippen LogP contribution in [0, 0.1) is 0 Å². The molecule has 0 spiro atoms. The fraction of sp³-hybridized carbons (Fsp3) is 0.320.